The van der Waals surface area contributed by atoms with E-state index in [4.69, 9.17) is 15.2 Å². The topological polar surface area (TPSA) is 47.7 Å². The van der Waals surface area contributed by atoms with Gasteiger partial charge in [-0.25, -0.2) is 0 Å². The molecular formula is C17H26N2O2. The molecule has 3 atom stereocenters. The molecule has 0 aliphatic carbocycles. The number of benzene rings is 1. The zero-order valence-corrected chi connectivity index (χ0v) is 13.3. The highest BCUT2D eigenvalue weighted by Gasteiger charge is 2.27. The van der Waals surface area contributed by atoms with Crippen LogP contribution in [0.15, 0.2) is 12.1 Å². The van der Waals surface area contributed by atoms with Crippen LogP contribution in [0.5, 0.6) is 11.5 Å². The molecule has 4 nitrogen and oxygen atoms in total. The van der Waals surface area contributed by atoms with Crippen molar-refractivity contribution in [1.82, 2.24) is 4.90 Å². The third-order valence-corrected chi connectivity index (χ3v) is 4.75. The Labute approximate surface area is 127 Å². The molecule has 3 rings (SSSR count). The Hall–Kier alpha value is -1.26. The van der Waals surface area contributed by atoms with Crippen LogP contribution in [-0.2, 0) is 13.0 Å². The number of likely N-dealkylation sites (tertiary alicyclic amines) is 1. The van der Waals surface area contributed by atoms with Crippen LogP contribution in [0, 0.1) is 5.92 Å². The normalized spacial score (nSPS) is 26.5. The largest absolute Gasteiger partial charge is 0.496 e. The Morgan fingerprint density at radius 2 is 2.29 bits per heavy atom. The Bertz CT molecular complexity index is 516. The van der Waals surface area contributed by atoms with E-state index in [0.29, 0.717) is 5.92 Å². The highest BCUT2D eigenvalue weighted by Crippen LogP contribution is 2.36. The number of rotatable bonds is 4. The summed E-state index contributed by atoms with van der Waals surface area (Å²) in [6.45, 7) is 7.33. The van der Waals surface area contributed by atoms with Gasteiger partial charge in [-0.3, -0.25) is 4.90 Å². The summed E-state index contributed by atoms with van der Waals surface area (Å²) >= 11 is 0. The lowest BCUT2D eigenvalue weighted by atomic mass is 10.0. The van der Waals surface area contributed by atoms with Crippen molar-refractivity contribution < 1.29 is 9.47 Å². The van der Waals surface area contributed by atoms with Crippen molar-refractivity contribution in [1.29, 1.82) is 0 Å². The first-order chi connectivity index (χ1) is 10.1. The van der Waals surface area contributed by atoms with Crippen LogP contribution < -0.4 is 15.2 Å². The second-order valence-corrected chi connectivity index (χ2v) is 6.55. The summed E-state index contributed by atoms with van der Waals surface area (Å²) in [7, 11) is 1.75. The van der Waals surface area contributed by atoms with Crippen LogP contribution in [0.1, 0.15) is 31.4 Å². The summed E-state index contributed by atoms with van der Waals surface area (Å²) in [6.07, 6.45) is 2.44. The van der Waals surface area contributed by atoms with Crippen LogP contribution in [0.3, 0.4) is 0 Å². The van der Waals surface area contributed by atoms with Gasteiger partial charge in [0.2, 0.25) is 0 Å². The Kier molecular flexibility index (Phi) is 4.09. The van der Waals surface area contributed by atoms with Gasteiger partial charge in [-0.05, 0) is 44.9 Å². The number of fused-ring (bicyclic) bond motifs is 1. The molecule has 2 N–H and O–H groups in total. The molecule has 1 fully saturated rings. The summed E-state index contributed by atoms with van der Waals surface area (Å²) in [6, 6.07) is 4.59. The van der Waals surface area contributed by atoms with Crippen molar-refractivity contribution in [3.05, 3.63) is 23.3 Å². The van der Waals surface area contributed by atoms with Crippen LogP contribution in [0.2, 0.25) is 0 Å². The number of nitrogens with two attached hydrogens (primary N) is 1. The molecule has 3 unspecified atom stereocenters. The maximum atomic E-state index is 6.03. The molecule has 2 aliphatic heterocycles. The highest BCUT2D eigenvalue weighted by molar-refractivity contribution is 5.48. The van der Waals surface area contributed by atoms with Crippen LogP contribution in [0.25, 0.3) is 0 Å². The molecule has 1 aromatic carbocycles. The highest BCUT2D eigenvalue weighted by atomic mass is 16.5. The number of methoxy groups -OCH3 is 1. The summed E-state index contributed by atoms with van der Waals surface area (Å²) in [5, 5.41) is 0. The third-order valence-electron chi connectivity index (χ3n) is 4.75. The predicted molar refractivity (Wildman–Crippen MR) is 83.8 cm³/mol. The van der Waals surface area contributed by atoms with E-state index in [2.05, 4.69) is 30.9 Å². The van der Waals surface area contributed by atoms with Gasteiger partial charge >= 0.3 is 0 Å². The van der Waals surface area contributed by atoms with E-state index >= 15 is 0 Å². The average molecular weight is 290 g/mol. The van der Waals surface area contributed by atoms with E-state index in [1.54, 1.807) is 7.11 Å². The van der Waals surface area contributed by atoms with Gasteiger partial charge in [0.1, 0.15) is 17.6 Å². The first-order valence-electron chi connectivity index (χ1n) is 7.91. The minimum Gasteiger partial charge on any atom is -0.496 e. The maximum absolute atomic E-state index is 6.03. The van der Waals surface area contributed by atoms with Gasteiger partial charge in [0.15, 0.2) is 0 Å². The van der Waals surface area contributed by atoms with Gasteiger partial charge in [-0.2, -0.15) is 0 Å². The monoisotopic (exact) mass is 290 g/mol. The first-order valence-corrected chi connectivity index (χ1v) is 7.91. The van der Waals surface area contributed by atoms with Crippen molar-refractivity contribution >= 4 is 0 Å². The van der Waals surface area contributed by atoms with E-state index < -0.39 is 0 Å². The molecule has 0 radical (unpaired) electrons. The van der Waals surface area contributed by atoms with E-state index in [9.17, 15) is 0 Å². The lowest BCUT2D eigenvalue weighted by molar-refractivity contribution is 0.253. The molecule has 0 saturated carbocycles. The average Bonchev–Trinajstić information content (AvgIpc) is 3.03. The maximum Gasteiger partial charge on any atom is 0.123 e. The first kappa shape index (κ1) is 14.7. The Balaban J connectivity index is 1.75. The molecule has 2 aliphatic rings. The van der Waals surface area contributed by atoms with E-state index in [0.717, 1.165) is 37.6 Å². The van der Waals surface area contributed by atoms with Gasteiger partial charge in [0.05, 0.1) is 7.11 Å². The molecule has 1 saturated heterocycles. The second-order valence-electron chi connectivity index (χ2n) is 6.55. The minimum atomic E-state index is 0.272. The van der Waals surface area contributed by atoms with Gasteiger partial charge < -0.3 is 15.2 Å². The van der Waals surface area contributed by atoms with Crippen molar-refractivity contribution in [2.24, 2.45) is 11.7 Å². The molecule has 21 heavy (non-hydrogen) atoms. The summed E-state index contributed by atoms with van der Waals surface area (Å²) in [4.78, 5) is 2.47. The summed E-state index contributed by atoms with van der Waals surface area (Å²) in [5.74, 6) is 2.62. The smallest absolute Gasteiger partial charge is 0.123 e. The van der Waals surface area contributed by atoms with Crippen molar-refractivity contribution in [2.45, 2.75) is 45.4 Å². The summed E-state index contributed by atoms with van der Waals surface area (Å²) < 4.78 is 11.5. The molecule has 0 amide bonds. The Morgan fingerprint density at radius 1 is 1.48 bits per heavy atom. The molecule has 0 aromatic heterocycles. The molecule has 2 heterocycles. The number of hydrogen-bond donors (Lipinski definition) is 1. The quantitative estimate of drug-likeness (QED) is 0.923. The molecule has 0 spiro atoms. The fourth-order valence-electron chi connectivity index (χ4n) is 3.47. The van der Waals surface area contributed by atoms with E-state index in [1.807, 2.05) is 0 Å². The Morgan fingerprint density at radius 3 is 2.95 bits per heavy atom. The molecule has 4 heteroatoms. The van der Waals surface area contributed by atoms with Crippen molar-refractivity contribution in [3.63, 3.8) is 0 Å². The third kappa shape index (κ3) is 3.01. The van der Waals surface area contributed by atoms with Crippen LogP contribution >= 0.6 is 0 Å². The zero-order chi connectivity index (χ0) is 15.0. The lowest BCUT2D eigenvalue weighted by Crippen LogP contribution is -2.29. The molecule has 116 valence electrons. The van der Waals surface area contributed by atoms with Gasteiger partial charge in [-0.15, -0.1) is 0 Å². The molecule has 0 bridgehead atoms. The van der Waals surface area contributed by atoms with Gasteiger partial charge in [0.25, 0.3) is 0 Å². The number of hydrogen-bond acceptors (Lipinski definition) is 4. The standard InChI is InChI=1S/C17H26N2O2/c1-11-6-14-7-16(20-3)15(8-17(14)21-11)10-19-5-4-13(9-19)12(2)18/h7-8,11-13H,4-6,9-10,18H2,1-3H3. The number of ether oxygens (including phenoxy) is 2. The van der Waals surface area contributed by atoms with Crippen molar-refractivity contribution in [2.75, 3.05) is 20.2 Å². The minimum absolute atomic E-state index is 0.272. The van der Waals surface area contributed by atoms with E-state index in [-0.39, 0.29) is 12.1 Å². The van der Waals surface area contributed by atoms with Crippen LogP contribution in [-0.4, -0.2) is 37.2 Å². The SMILES string of the molecule is COc1cc2c(cc1CN1CCC(C(C)N)C1)OC(C)C2. The second kappa shape index (κ2) is 5.85. The number of nitrogens with zero attached hydrogens (tertiary/aromatic N) is 1. The van der Waals surface area contributed by atoms with Crippen molar-refractivity contribution in [3.8, 4) is 11.5 Å². The van der Waals surface area contributed by atoms with Crippen LogP contribution in [0.4, 0.5) is 0 Å². The fourth-order valence-corrected chi connectivity index (χ4v) is 3.47. The van der Waals surface area contributed by atoms with Gasteiger partial charge in [-0.1, -0.05) is 0 Å². The lowest BCUT2D eigenvalue weighted by Gasteiger charge is -2.19. The summed E-state index contributed by atoms with van der Waals surface area (Å²) in [5.41, 5.74) is 8.51. The molecular weight excluding hydrogens is 264 g/mol. The fraction of sp³-hybridized carbons (Fsp3) is 0.647. The van der Waals surface area contributed by atoms with E-state index in [1.165, 1.54) is 17.5 Å². The zero-order valence-electron chi connectivity index (χ0n) is 13.3. The molecule has 1 aromatic rings. The van der Waals surface area contributed by atoms with Gasteiger partial charge in [0, 0.05) is 36.7 Å². The predicted octanol–water partition coefficient (Wildman–Crippen LogP) is 2.19.